The summed E-state index contributed by atoms with van der Waals surface area (Å²) in [6.07, 6.45) is 0. The number of esters is 1. The molecule has 1 heterocycles. The van der Waals surface area contributed by atoms with Crippen LogP contribution in [0, 0.1) is 0 Å². The fourth-order valence-corrected chi connectivity index (χ4v) is 1.50. The minimum absolute atomic E-state index is 0.0556. The van der Waals surface area contributed by atoms with E-state index in [2.05, 4.69) is 10.2 Å². The van der Waals surface area contributed by atoms with Gasteiger partial charge in [0.2, 0.25) is 5.88 Å². The molecule has 0 saturated heterocycles. The Labute approximate surface area is 120 Å². The maximum atomic E-state index is 11.5. The highest BCUT2D eigenvalue weighted by molar-refractivity contribution is 5.90. The first-order chi connectivity index (χ1) is 10.1. The Kier molecular flexibility index (Phi) is 4.45. The van der Waals surface area contributed by atoms with E-state index in [9.17, 15) is 9.59 Å². The van der Waals surface area contributed by atoms with Crippen LogP contribution in [0.25, 0.3) is 0 Å². The van der Waals surface area contributed by atoms with E-state index in [4.69, 9.17) is 15.2 Å². The van der Waals surface area contributed by atoms with Crippen molar-refractivity contribution >= 4 is 11.9 Å². The van der Waals surface area contributed by atoms with Gasteiger partial charge in [-0.1, -0.05) is 0 Å². The van der Waals surface area contributed by atoms with Crippen molar-refractivity contribution in [2.24, 2.45) is 5.73 Å². The van der Waals surface area contributed by atoms with E-state index in [0.717, 1.165) is 0 Å². The molecule has 0 aliphatic rings. The van der Waals surface area contributed by atoms with Crippen LogP contribution in [-0.4, -0.2) is 28.7 Å². The first-order valence-electron chi connectivity index (χ1n) is 6.18. The number of nitrogens with zero attached hydrogens (tertiary/aromatic N) is 2. The highest BCUT2D eigenvalue weighted by Crippen LogP contribution is 2.19. The minimum Gasteiger partial charge on any atom is -0.462 e. The molecule has 0 atom stereocenters. The third kappa shape index (κ3) is 3.75. The number of hydrogen-bond acceptors (Lipinski definition) is 6. The van der Waals surface area contributed by atoms with Gasteiger partial charge in [0.25, 0.3) is 5.91 Å². The van der Waals surface area contributed by atoms with Crippen molar-refractivity contribution in [1.29, 1.82) is 0 Å². The molecule has 1 amide bonds. The molecule has 1 aromatic carbocycles. The van der Waals surface area contributed by atoms with Gasteiger partial charge in [0.1, 0.15) is 5.75 Å². The zero-order chi connectivity index (χ0) is 15.2. The van der Waals surface area contributed by atoms with Gasteiger partial charge < -0.3 is 15.2 Å². The van der Waals surface area contributed by atoms with Crippen LogP contribution in [-0.2, 0) is 4.74 Å². The summed E-state index contributed by atoms with van der Waals surface area (Å²) in [5.41, 5.74) is 5.55. The normalized spacial score (nSPS) is 9.95. The lowest BCUT2D eigenvalue weighted by Crippen LogP contribution is -2.13. The predicted molar refractivity (Wildman–Crippen MR) is 73.0 cm³/mol. The summed E-state index contributed by atoms with van der Waals surface area (Å²) in [5, 5.41) is 7.34. The lowest BCUT2D eigenvalue weighted by Gasteiger charge is -2.05. The van der Waals surface area contributed by atoms with Crippen LogP contribution < -0.4 is 10.5 Å². The number of carbonyl (C=O) groups excluding carboxylic acids is 2. The summed E-state index contributed by atoms with van der Waals surface area (Å²) in [4.78, 5) is 22.3. The SMILES string of the molecule is CCOC(=O)c1ccc(Oc2ccc(C(N)=O)nn2)cc1. The summed E-state index contributed by atoms with van der Waals surface area (Å²) < 4.78 is 10.3. The lowest BCUT2D eigenvalue weighted by molar-refractivity contribution is 0.0526. The Morgan fingerprint density at radius 2 is 1.81 bits per heavy atom. The maximum Gasteiger partial charge on any atom is 0.338 e. The van der Waals surface area contributed by atoms with Gasteiger partial charge in [-0.3, -0.25) is 4.79 Å². The van der Waals surface area contributed by atoms with Crippen molar-refractivity contribution in [3.05, 3.63) is 47.7 Å². The number of carbonyl (C=O) groups is 2. The first-order valence-corrected chi connectivity index (χ1v) is 6.18. The molecule has 0 spiro atoms. The van der Waals surface area contributed by atoms with E-state index in [1.165, 1.54) is 12.1 Å². The third-order valence-corrected chi connectivity index (χ3v) is 2.48. The van der Waals surface area contributed by atoms with Crippen LogP contribution >= 0.6 is 0 Å². The van der Waals surface area contributed by atoms with E-state index < -0.39 is 11.9 Å². The van der Waals surface area contributed by atoms with E-state index >= 15 is 0 Å². The number of rotatable bonds is 5. The summed E-state index contributed by atoms with van der Waals surface area (Å²) in [5.74, 6) is -0.365. The van der Waals surface area contributed by atoms with Crippen molar-refractivity contribution in [2.45, 2.75) is 6.92 Å². The molecule has 0 aliphatic heterocycles. The molecule has 1 aromatic heterocycles. The molecule has 2 N–H and O–H groups in total. The van der Waals surface area contributed by atoms with Crippen molar-refractivity contribution in [1.82, 2.24) is 10.2 Å². The minimum atomic E-state index is -0.659. The zero-order valence-electron chi connectivity index (χ0n) is 11.3. The van der Waals surface area contributed by atoms with Crippen LogP contribution in [0.3, 0.4) is 0 Å². The van der Waals surface area contributed by atoms with Crippen molar-refractivity contribution in [3.63, 3.8) is 0 Å². The molecule has 0 saturated carbocycles. The molecule has 0 radical (unpaired) electrons. The highest BCUT2D eigenvalue weighted by atomic mass is 16.5. The molecule has 0 unspecified atom stereocenters. The summed E-state index contributed by atoms with van der Waals surface area (Å²) in [7, 11) is 0. The average molecular weight is 287 g/mol. The van der Waals surface area contributed by atoms with Gasteiger partial charge in [-0.25, -0.2) is 4.79 Å². The Morgan fingerprint density at radius 1 is 1.10 bits per heavy atom. The van der Waals surface area contributed by atoms with Crippen LogP contribution in [0.15, 0.2) is 36.4 Å². The number of amides is 1. The van der Waals surface area contributed by atoms with Gasteiger partial charge in [-0.05, 0) is 37.3 Å². The van der Waals surface area contributed by atoms with Gasteiger partial charge in [0.15, 0.2) is 5.69 Å². The van der Waals surface area contributed by atoms with Crippen LogP contribution in [0.2, 0.25) is 0 Å². The molecule has 2 rings (SSSR count). The monoisotopic (exact) mass is 287 g/mol. The Bertz CT molecular complexity index is 638. The van der Waals surface area contributed by atoms with E-state index in [0.29, 0.717) is 17.9 Å². The second-order valence-electron chi connectivity index (χ2n) is 3.97. The van der Waals surface area contributed by atoms with Gasteiger partial charge in [0, 0.05) is 6.07 Å². The van der Waals surface area contributed by atoms with Crippen molar-refractivity contribution in [3.8, 4) is 11.6 Å². The van der Waals surface area contributed by atoms with Gasteiger partial charge in [-0.15, -0.1) is 10.2 Å². The quantitative estimate of drug-likeness (QED) is 0.836. The molecule has 7 nitrogen and oxygen atoms in total. The largest absolute Gasteiger partial charge is 0.462 e. The van der Waals surface area contributed by atoms with Crippen LogP contribution in [0.1, 0.15) is 27.8 Å². The molecule has 21 heavy (non-hydrogen) atoms. The molecule has 0 fully saturated rings. The lowest BCUT2D eigenvalue weighted by atomic mass is 10.2. The second kappa shape index (κ2) is 6.47. The highest BCUT2D eigenvalue weighted by Gasteiger charge is 2.07. The average Bonchev–Trinajstić information content (AvgIpc) is 2.49. The number of aromatic nitrogens is 2. The van der Waals surface area contributed by atoms with E-state index in [1.54, 1.807) is 31.2 Å². The van der Waals surface area contributed by atoms with Crippen molar-refractivity contribution in [2.75, 3.05) is 6.61 Å². The van der Waals surface area contributed by atoms with Gasteiger partial charge in [-0.2, -0.15) is 0 Å². The maximum absolute atomic E-state index is 11.5. The standard InChI is InChI=1S/C14H13N3O4/c1-2-20-14(19)9-3-5-10(6-4-9)21-12-8-7-11(13(15)18)16-17-12/h3-8H,2H2,1H3,(H2,15,18). The Morgan fingerprint density at radius 3 is 2.33 bits per heavy atom. The van der Waals surface area contributed by atoms with E-state index in [-0.39, 0.29) is 11.6 Å². The Hall–Kier alpha value is -2.96. The molecule has 0 aliphatic carbocycles. The van der Waals surface area contributed by atoms with Gasteiger partial charge in [0.05, 0.1) is 12.2 Å². The fourth-order valence-electron chi connectivity index (χ4n) is 1.50. The molecular formula is C14H13N3O4. The number of benzene rings is 1. The fraction of sp³-hybridized carbons (Fsp3) is 0.143. The third-order valence-electron chi connectivity index (χ3n) is 2.48. The summed E-state index contributed by atoms with van der Waals surface area (Å²) >= 11 is 0. The molecule has 0 bridgehead atoms. The van der Waals surface area contributed by atoms with Crippen LogP contribution in [0.5, 0.6) is 11.6 Å². The molecular weight excluding hydrogens is 274 g/mol. The molecule has 2 aromatic rings. The van der Waals surface area contributed by atoms with E-state index in [1.807, 2.05) is 0 Å². The van der Waals surface area contributed by atoms with Crippen molar-refractivity contribution < 1.29 is 19.1 Å². The summed E-state index contributed by atoms with van der Waals surface area (Å²) in [6.45, 7) is 2.06. The summed E-state index contributed by atoms with van der Waals surface area (Å²) in [6, 6.07) is 9.27. The zero-order valence-corrected chi connectivity index (χ0v) is 11.3. The number of hydrogen-bond donors (Lipinski definition) is 1. The second-order valence-corrected chi connectivity index (χ2v) is 3.97. The smallest absolute Gasteiger partial charge is 0.338 e. The predicted octanol–water partition coefficient (Wildman–Crippen LogP) is 1.54. The first kappa shape index (κ1) is 14.4. The molecule has 7 heteroatoms. The van der Waals surface area contributed by atoms with Crippen LogP contribution in [0.4, 0.5) is 0 Å². The number of primary amides is 1. The Balaban J connectivity index is 2.06. The number of ether oxygens (including phenoxy) is 2. The van der Waals surface area contributed by atoms with Gasteiger partial charge >= 0.3 is 5.97 Å². The molecule has 108 valence electrons. The topological polar surface area (TPSA) is 104 Å². The number of nitrogens with two attached hydrogens (primary N) is 1.